The van der Waals surface area contributed by atoms with Crippen molar-refractivity contribution >= 4 is 81.1 Å². The molecule has 9 aromatic carbocycles. The Hall–Kier alpha value is -7.01. The van der Waals surface area contributed by atoms with Crippen molar-refractivity contribution in [2.45, 2.75) is 0 Å². The monoisotopic (exact) mass is 736 g/mol. The van der Waals surface area contributed by atoms with Crippen LogP contribution in [0.3, 0.4) is 0 Å². The van der Waals surface area contributed by atoms with Crippen LogP contribution in [0.15, 0.2) is 200 Å². The number of hydrogen-bond donors (Lipinski definition) is 0. The molecule has 2 heterocycles. The second-order valence-corrected chi connectivity index (χ2v) is 15.3. The average Bonchev–Trinajstić information content (AvgIpc) is 3.81. The van der Waals surface area contributed by atoms with Crippen molar-refractivity contribution < 1.29 is 4.39 Å². The lowest BCUT2D eigenvalue weighted by Crippen LogP contribution is -2.10. The molecule has 0 saturated carbocycles. The third-order valence-electron chi connectivity index (χ3n) is 11.1. The molecule has 0 aliphatic carbocycles. The fourth-order valence-corrected chi connectivity index (χ4v) is 9.62. The van der Waals surface area contributed by atoms with Crippen LogP contribution in [0.1, 0.15) is 0 Å². The van der Waals surface area contributed by atoms with E-state index >= 15 is 4.39 Å². The molecule has 0 aliphatic rings. The fourth-order valence-electron chi connectivity index (χ4n) is 8.38. The lowest BCUT2D eigenvalue weighted by molar-refractivity contribution is 0.635. The number of hydrogen-bond acceptors (Lipinski definition) is 2. The highest BCUT2D eigenvalue weighted by Crippen LogP contribution is 2.42. The largest absolute Gasteiger partial charge is 0.311 e. The molecule has 0 bridgehead atoms. The third kappa shape index (κ3) is 5.30. The first-order valence-corrected chi connectivity index (χ1v) is 19.7. The van der Waals surface area contributed by atoms with E-state index in [1.165, 1.54) is 47.6 Å². The first-order valence-electron chi connectivity index (χ1n) is 18.9. The molecule has 2 aromatic heterocycles. The van der Waals surface area contributed by atoms with E-state index in [1.807, 2.05) is 34.1 Å². The van der Waals surface area contributed by atoms with Crippen molar-refractivity contribution in [3.63, 3.8) is 0 Å². The van der Waals surface area contributed by atoms with Crippen LogP contribution < -0.4 is 4.90 Å². The van der Waals surface area contributed by atoms with Crippen molar-refractivity contribution in [3.8, 4) is 27.9 Å². The van der Waals surface area contributed by atoms with E-state index in [0.29, 0.717) is 5.52 Å². The summed E-state index contributed by atoms with van der Waals surface area (Å²) in [7, 11) is 0. The summed E-state index contributed by atoms with van der Waals surface area (Å²) in [6.45, 7) is 0. The van der Waals surface area contributed by atoms with Gasteiger partial charge in [0, 0.05) is 53.7 Å². The van der Waals surface area contributed by atoms with Gasteiger partial charge in [-0.1, -0.05) is 127 Å². The molecule has 4 heteroatoms. The van der Waals surface area contributed by atoms with Crippen molar-refractivity contribution in [2.75, 3.05) is 4.90 Å². The molecule has 0 atom stereocenters. The summed E-state index contributed by atoms with van der Waals surface area (Å²) in [5.41, 5.74) is 10.3. The van der Waals surface area contributed by atoms with Gasteiger partial charge in [0.15, 0.2) is 0 Å². The zero-order chi connectivity index (χ0) is 37.2. The minimum absolute atomic E-state index is 0.234. The van der Waals surface area contributed by atoms with Gasteiger partial charge in [-0.05, 0) is 106 Å². The quantitative estimate of drug-likeness (QED) is 0.165. The smallest absolute Gasteiger partial charge is 0.147 e. The van der Waals surface area contributed by atoms with E-state index in [1.54, 1.807) is 12.1 Å². The molecule has 0 amide bonds. The number of para-hydroxylation sites is 2. The van der Waals surface area contributed by atoms with Crippen LogP contribution in [-0.2, 0) is 0 Å². The van der Waals surface area contributed by atoms with Gasteiger partial charge < -0.3 is 9.47 Å². The van der Waals surface area contributed by atoms with Gasteiger partial charge in [-0.15, -0.1) is 11.3 Å². The molecule has 0 radical (unpaired) electrons. The van der Waals surface area contributed by atoms with Crippen LogP contribution in [0.5, 0.6) is 0 Å². The SMILES string of the molecule is Fc1cccc2c3ccccc3n(-c3ccc(N(c4ccc(-c5ccc6ccccc6c5)cc4)c4ccc(-c5cccc6c5sc5ccccc56)cc4)cc3)c12. The van der Waals surface area contributed by atoms with Gasteiger partial charge in [-0.3, -0.25) is 0 Å². The van der Waals surface area contributed by atoms with Gasteiger partial charge in [0.25, 0.3) is 0 Å². The van der Waals surface area contributed by atoms with Gasteiger partial charge in [0.1, 0.15) is 5.82 Å². The van der Waals surface area contributed by atoms with E-state index < -0.39 is 0 Å². The topological polar surface area (TPSA) is 8.17 Å². The maximum Gasteiger partial charge on any atom is 0.147 e. The van der Waals surface area contributed by atoms with Gasteiger partial charge in [0.05, 0.1) is 11.0 Å². The normalized spacial score (nSPS) is 11.7. The Balaban J connectivity index is 1.02. The molecule has 264 valence electrons. The first-order chi connectivity index (χ1) is 27.7. The maximum absolute atomic E-state index is 15.5. The van der Waals surface area contributed by atoms with Crippen LogP contribution in [0, 0.1) is 5.82 Å². The number of nitrogens with zero attached hydrogens (tertiary/aromatic N) is 2. The highest BCUT2D eigenvalue weighted by Gasteiger charge is 2.18. The number of benzene rings is 9. The second-order valence-electron chi connectivity index (χ2n) is 14.3. The van der Waals surface area contributed by atoms with Crippen LogP contribution in [0.2, 0.25) is 0 Å². The van der Waals surface area contributed by atoms with Crippen molar-refractivity contribution in [3.05, 3.63) is 206 Å². The number of thiophene rings is 1. The highest BCUT2D eigenvalue weighted by atomic mass is 32.1. The van der Waals surface area contributed by atoms with Crippen molar-refractivity contribution in [2.24, 2.45) is 0 Å². The predicted molar refractivity (Wildman–Crippen MR) is 237 cm³/mol. The van der Waals surface area contributed by atoms with Crippen LogP contribution in [-0.4, -0.2) is 4.57 Å². The average molecular weight is 737 g/mol. The van der Waals surface area contributed by atoms with E-state index in [2.05, 4.69) is 175 Å². The maximum atomic E-state index is 15.5. The molecule has 0 aliphatic heterocycles. The van der Waals surface area contributed by atoms with Crippen molar-refractivity contribution in [1.29, 1.82) is 0 Å². The lowest BCUT2D eigenvalue weighted by atomic mass is 10.0. The van der Waals surface area contributed by atoms with Crippen molar-refractivity contribution in [1.82, 2.24) is 4.57 Å². The Morgan fingerprint density at radius 2 is 1.02 bits per heavy atom. The zero-order valence-corrected chi connectivity index (χ0v) is 31.0. The van der Waals surface area contributed by atoms with E-state index in [9.17, 15) is 0 Å². The van der Waals surface area contributed by atoms with Crippen LogP contribution in [0.25, 0.3) is 80.7 Å². The molecule has 2 nitrogen and oxygen atoms in total. The summed E-state index contributed by atoms with van der Waals surface area (Å²) in [6, 6.07) is 70.1. The van der Waals surface area contributed by atoms with Gasteiger partial charge in [0.2, 0.25) is 0 Å². The third-order valence-corrected chi connectivity index (χ3v) is 12.3. The Morgan fingerprint density at radius 1 is 0.429 bits per heavy atom. The number of fused-ring (bicyclic) bond motifs is 7. The highest BCUT2D eigenvalue weighted by molar-refractivity contribution is 7.26. The summed E-state index contributed by atoms with van der Waals surface area (Å²) < 4.78 is 20.2. The number of anilines is 3. The Bertz CT molecular complexity index is 3250. The van der Waals surface area contributed by atoms with Gasteiger partial charge in [-0.2, -0.15) is 0 Å². The summed E-state index contributed by atoms with van der Waals surface area (Å²) in [4.78, 5) is 2.30. The number of rotatable bonds is 6. The van der Waals surface area contributed by atoms with E-state index in [-0.39, 0.29) is 5.82 Å². The van der Waals surface area contributed by atoms with E-state index in [4.69, 9.17) is 0 Å². The predicted octanol–water partition coefficient (Wildman–Crippen LogP) is 15.2. The molecule has 0 fully saturated rings. The van der Waals surface area contributed by atoms with Gasteiger partial charge in [-0.25, -0.2) is 4.39 Å². The molecule has 11 rings (SSSR count). The minimum Gasteiger partial charge on any atom is -0.311 e. The molecule has 0 saturated heterocycles. The van der Waals surface area contributed by atoms with Crippen LogP contribution in [0.4, 0.5) is 21.5 Å². The summed E-state index contributed by atoms with van der Waals surface area (Å²) in [5.74, 6) is -0.234. The number of halogens is 1. The Labute approximate surface area is 327 Å². The number of aromatic nitrogens is 1. The molecule has 56 heavy (non-hydrogen) atoms. The fraction of sp³-hybridized carbons (Fsp3) is 0. The molecular formula is C52H33FN2S. The summed E-state index contributed by atoms with van der Waals surface area (Å²) in [5, 5.41) is 7.00. The standard InChI is InChI=1S/C52H33FN2S/c53-48-16-8-14-46-44-11-3-5-17-49(44)55(51(46)48)42-31-29-41(30-32-42)54(39-25-21-35(22-26-39)38-20-19-34-9-1-2-10-37(34)33-38)40-27-23-36(24-28-40)43-13-7-15-47-45-12-4-6-18-50(45)56-52(43)47/h1-33H. The summed E-state index contributed by atoms with van der Waals surface area (Å²) in [6.07, 6.45) is 0. The second kappa shape index (κ2) is 13.1. The minimum atomic E-state index is -0.234. The summed E-state index contributed by atoms with van der Waals surface area (Å²) >= 11 is 1.85. The molecule has 0 spiro atoms. The van der Waals surface area contributed by atoms with Crippen LogP contribution >= 0.6 is 11.3 Å². The zero-order valence-electron chi connectivity index (χ0n) is 30.2. The Kier molecular flexibility index (Phi) is 7.58. The molecule has 11 aromatic rings. The first kappa shape index (κ1) is 32.4. The Morgan fingerprint density at radius 3 is 1.80 bits per heavy atom. The molecule has 0 N–H and O–H groups in total. The molecular weight excluding hydrogens is 704 g/mol. The van der Waals surface area contributed by atoms with E-state index in [0.717, 1.165) is 44.6 Å². The lowest BCUT2D eigenvalue weighted by Gasteiger charge is -2.26. The van der Waals surface area contributed by atoms with Gasteiger partial charge >= 0.3 is 0 Å². The molecule has 0 unspecified atom stereocenters.